The molecule has 0 spiro atoms. The lowest BCUT2D eigenvalue weighted by atomic mass is 10.4. The number of hydrogen-bond acceptors (Lipinski definition) is 4. The Bertz CT molecular complexity index is 384. The lowest BCUT2D eigenvalue weighted by Crippen LogP contribution is -2.37. The van der Waals surface area contributed by atoms with Crippen LogP contribution in [0.4, 0.5) is 0 Å². The molecule has 0 amide bonds. The quantitative estimate of drug-likeness (QED) is 0.456. The van der Waals surface area contributed by atoms with Crippen LogP contribution in [0.2, 0.25) is 0 Å². The number of hydrogen-bond donors (Lipinski definition) is 2. The lowest BCUT2D eigenvalue weighted by Gasteiger charge is -2.10. The number of oxazole rings is 1. The minimum Gasteiger partial charge on any atom is -0.444 e. The Morgan fingerprint density at radius 1 is 1.37 bits per heavy atom. The maximum absolute atomic E-state index is 5.51. The fraction of sp³-hybridized carbons (Fsp3) is 0.692. The number of aryl methyl sites for hydroxylation is 2. The highest BCUT2D eigenvalue weighted by atomic mass is 32.2. The van der Waals surface area contributed by atoms with Crippen LogP contribution in [-0.4, -0.2) is 36.0 Å². The van der Waals surface area contributed by atoms with Gasteiger partial charge in [-0.2, -0.15) is 11.8 Å². The summed E-state index contributed by atoms with van der Waals surface area (Å²) < 4.78 is 5.51. The van der Waals surface area contributed by atoms with Gasteiger partial charge in [-0.15, -0.1) is 0 Å². The molecular formula is C13H24N4OS. The van der Waals surface area contributed by atoms with Crippen LogP contribution in [-0.2, 0) is 6.54 Å². The van der Waals surface area contributed by atoms with E-state index in [4.69, 9.17) is 4.42 Å². The predicted octanol–water partition coefficient (Wildman–Crippen LogP) is 2.10. The van der Waals surface area contributed by atoms with E-state index in [1.54, 1.807) is 0 Å². The van der Waals surface area contributed by atoms with Gasteiger partial charge in [0.05, 0.1) is 5.69 Å². The first-order valence-electron chi connectivity index (χ1n) is 6.61. The highest BCUT2D eigenvalue weighted by Gasteiger charge is 2.05. The number of aromatic nitrogens is 1. The van der Waals surface area contributed by atoms with E-state index in [2.05, 4.69) is 33.8 Å². The van der Waals surface area contributed by atoms with Crippen molar-refractivity contribution in [3.8, 4) is 0 Å². The number of rotatable bonds is 7. The third-order valence-corrected chi connectivity index (χ3v) is 3.30. The maximum Gasteiger partial charge on any atom is 0.216 e. The normalized spacial score (nSPS) is 11.7. The summed E-state index contributed by atoms with van der Waals surface area (Å²) in [6.45, 7) is 8.15. The van der Waals surface area contributed by atoms with Crippen LogP contribution in [0.3, 0.4) is 0 Å². The van der Waals surface area contributed by atoms with Crippen molar-refractivity contribution in [1.29, 1.82) is 0 Å². The highest BCUT2D eigenvalue weighted by molar-refractivity contribution is 7.98. The summed E-state index contributed by atoms with van der Waals surface area (Å²) in [5, 5.41) is 6.52. The molecule has 6 heteroatoms. The molecule has 19 heavy (non-hydrogen) atoms. The summed E-state index contributed by atoms with van der Waals surface area (Å²) in [6, 6.07) is 0. The molecule has 0 bridgehead atoms. The minimum absolute atomic E-state index is 0.465. The zero-order chi connectivity index (χ0) is 14.1. The molecule has 0 saturated heterocycles. The number of nitrogens with one attached hydrogen (secondary N) is 2. The van der Waals surface area contributed by atoms with E-state index in [1.165, 1.54) is 0 Å². The molecule has 0 aromatic carbocycles. The molecule has 0 fully saturated rings. The SMILES string of the molecule is CCNC(=NCc1nc(C)c(C)o1)NCCCSC. The lowest BCUT2D eigenvalue weighted by molar-refractivity contribution is 0.473. The van der Waals surface area contributed by atoms with E-state index in [0.717, 1.165) is 42.7 Å². The second-order valence-electron chi connectivity index (χ2n) is 4.22. The molecule has 1 heterocycles. The molecule has 1 aromatic rings. The smallest absolute Gasteiger partial charge is 0.216 e. The molecule has 0 aliphatic rings. The fourth-order valence-corrected chi connectivity index (χ4v) is 1.95. The minimum atomic E-state index is 0.465. The first kappa shape index (κ1) is 15.9. The van der Waals surface area contributed by atoms with E-state index in [0.29, 0.717) is 12.4 Å². The Labute approximate surface area is 119 Å². The van der Waals surface area contributed by atoms with Crippen LogP contribution in [0, 0.1) is 13.8 Å². The van der Waals surface area contributed by atoms with Gasteiger partial charge in [-0.1, -0.05) is 0 Å². The van der Waals surface area contributed by atoms with Gasteiger partial charge in [0.2, 0.25) is 5.89 Å². The monoisotopic (exact) mass is 284 g/mol. The summed E-state index contributed by atoms with van der Waals surface area (Å²) >= 11 is 1.86. The third kappa shape index (κ3) is 6.00. The second kappa shape index (κ2) is 8.85. The van der Waals surface area contributed by atoms with Gasteiger partial charge in [0.1, 0.15) is 12.3 Å². The van der Waals surface area contributed by atoms with Crippen LogP contribution >= 0.6 is 11.8 Å². The van der Waals surface area contributed by atoms with Crippen molar-refractivity contribution in [2.75, 3.05) is 25.1 Å². The number of guanidine groups is 1. The molecule has 0 aliphatic heterocycles. The molecule has 0 aliphatic carbocycles. The van der Waals surface area contributed by atoms with Crippen LogP contribution < -0.4 is 10.6 Å². The van der Waals surface area contributed by atoms with Crippen molar-refractivity contribution in [1.82, 2.24) is 15.6 Å². The van der Waals surface area contributed by atoms with Crippen LogP contribution in [0.1, 0.15) is 30.7 Å². The van der Waals surface area contributed by atoms with E-state index < -0.39 is 0 Å². The molecule has 0 unspecified atom stereocenters. The van der Waals surface area contributed by atoms with Crippen molar-refractivity contribution in [3.05, 3.63) is 17.3 Å². The summed E-state index contributed by atoms with van der Waals surface area (Å²) in [5.74, 6) is 3.50. The second-order valence-corrected chi connectivity index (χ2v) is 5.20. The summed E-state index contributed by atoms with van der Waals surface area (Å²) in [7, 11) is 0. The van der Waals surface area contributed by atoms with Crippen molar-refractivity contribution >= 4 is 17.7 Å². The standard InChI is InChI=1S/C13H24N4OS/c1-5-14-13(15-7-6-8-19-4)16-9-12-17-10(2)11(3)18-12/h5-9H2,1-4H3,(H2,14,15,16). The first-order chi connectivity index (χ1) is 9.17. The molecule has 0 saturated carbocycles. The molecule has 1 rings (SSSR count). The van der Waals surface area contributed by atoms with Gasteiger partial charge in [0.25, 0.3) is 0 Å². The van der Waals surface area contributed by atoms with Crippen LogP contribution in [0.25, 0.3) is 0 Å². The molecule has 0 atom stereocenters. The average Bonchev–Trinajstić information content (AvgIpc) is 2.71. The molecule has 2 N–H and O–H groups in total. The maximum atomic E-state index is 5.51. The predicted molar refractivity (Wildman–Crippen MR) is 81.8 cm³/mol. The van der Waals surface area contributed by atoms with Crippen LogP contribution in [0.5, 0.6) is 0 Å². The zero-order valence-corrected chi connectivity index (χ0v) is 13.1. The van der Waals surface area contributed by atoms with E-state index in [-0.39, 0.29) is 0 Å². The number of thioether (sulfide) groups is 1. The van der Waals surface area contributed by atoms with Crippen molar-refractivity contribution < 1.29 is 4.42 Å². The van der Waals surface area contributed by atoms with Crippen molar-refractivity contribution in [2.45, 2.75) is 33.7 Å². The van der Waals surface area contributed by atoms with Gasteiger partial charge in [0.15, 0.2) is 5.96 Å². The topological polar surface area (TPSA) is 62.5 Å². The Kier molecular flexibility index (Phi) is 7.40. The van der Waals surface area contributed by atoms with Gasteiger partial charge in [-0.3, -0.25) is 0 Å². The van der Waals surface area contributed by atoms with Crippen LogP contribution in [0.15, 0.2) is 9.41 Å². The number of nitrogens with zero attached hydrogens (tertiary/aromatic N) is 2. The van der Waals surface area contributed by atoms with Gasteiger partial charge < -0.3 is 15.1 Å². The Balaban J connectivity index is 2.47. The van der Waals surface area contributed by atoms with E-state index in [1.807, 2.05) is 25.6 Å². The fourth-order valence-electron chi connectivity index (χ4n) is 1.52. The largest absolute Gasteiger partial charge is 0.444 e. The summed E-state index contributed by atoms with van der Waals surface area (Å²) in [4.78, 5) is 8.79. The van der Waals surface area contributed by atoms with Gasteiger partial charge in [-0.25, -0.2) is 9.98 Å². The van der Waals surface area contributed by atoms with Gasteiger partial charge in [0, 0.05) is 13.1 Å². The van der Waals surface area contributed by atoms with E-state index >= 15 is 0 Å². The number of aliphatic imine (C=N–C) groups is 1. The Hall–Kier alpha value is -1.17. The summed E-state index contributed by atoms with van der Waals surface area (Å²) in [6.07, 6.45) is 3.25. The van der Waals surface area contributed by atoms with Crippen molar-refractivity contribution in [3.63, 3.8) is 0 Å². The molecular weight excluding hydrogens is 260 g/mol. The Morgan fingerprint density at radius 2 is 2.16 bits per heavy atom. The van der Waals surface area contributed by atoms with Gasteiger partial charge in [-0.05, 0) is 39.2 Å². The highest BCUT2D eigenvalue weighted by Crippen LogP contribution is 2.08. The molecule has 0 radical (unpaired) electrons. The first-order valence-corrected chi connectivity index (χ1v) is 8.00. The van der Waals surface area contributed by atoms with Crippen molar-refractivity contribution in [2.24, 2.45) is 4.99 Å². The van der Waals surface area contributed by atoms with E-state index in [9.17, 15) is 0 Å². The average molecular weight is 284 g/mol. The third-order valence-electron chi connectivity index (χ3n) is 2.61. The van der Waals surface area contributed by atoms with Gasteiger partial charge >= 0.3 is 0 Å². The molecule has 108 valence electrons. The zero-order valence-electron chi connectivity index (χ0n) is 12.2. The molecule has 5 nitrogen and oxygen atoms in total. The molecule has 1 aromatic heterocycles. The summed E-state index contributed by atoms with van der Waals surface area (Å²) in [5.41, 5.74) is 0.933. The Morgan fingerprint density at radius 3 is 2.74 bits per heavy atom.